The van der Waals surface area contributed by atoms with Crippen molar-refractivity contribution in [2.45, 2.75) is 19.5 Å². The molecule has 0 amide bonds. The first-order valence-corrected chi connectivity index (χ1v) is 8.96. The van der Waals surface area contributed by atoms with Crippen LogP contribution in [0, 0.1) is 0 Å². The van der Waals surface area contributed by atoms with Crippen LogP contribution in [0.4, 0.5) is 0 Å². The second kappa shape index (κ2) is 7.26. The van der Waals surface area contributed by atoms with Gasteiger partial charge in [-0.05, 0) is 47.9 Å². The minimum absolute atomic E-state index is 0.776. The molecule has 0 saturated carbocycles. The van der Waals surface area contributed by atoms with Crippen LogP contribution in [0.25, 0.3) is 5.69 Å². The molecule has 26 heavy (non-hydrogen) atoms. The molecule has 3 aromatic rings. The van der Waals surface area contributed by atoms with Gasteiger partial charge in [-0.1, -0.05) is 24.3 Å². The fourth-order valence-corrected chi connectivity index (χ4v) is 3.67. The highest BCUT2D eigenvalue weighted by molar-refractivity contribution is 5.45. The Hall–Kier alpha value is -2.72. The van der Waals surface area contributed by atoms with Crippen molar-refractivity contribution in [1.82, 2.24) is 9.47 Å². The second-order valence-electron chi connectivity index (χ2n) is 6.65. The van der Waals surface area contributed by atoms with Gasteiger partial charge in [-0.2, -0.15) is 0 Å². The largest absolute Gasteiger partial charge is 0.493 e. The number of rotatable bonds is 5. The Labute approximate surface area is 154 Å². The third-order valence-corrected chi connectivity index (χ3v) is 5.03. The van der Waals surface area contributed by atoms with Crippen molar-refractivity contribution >= 4 is 0 Å². The predicted molar refractivity (Wildman–Crippen MR) is 103 cm³/mol. The van der Waals surface area contributed by atoms with Crippen LogP contribution in [0.3, 0.4) is 0 Å². The van der Waals surface area contributed by atoms with E-state index in [0.717, 1.165) is 37.6 Å². The maximum atomic E-state index is 5.43. The first-order valence-electron chi connectivity index (χ1n) is 8.96. The number of aromatic nitrogens is 1. The van der Waals surface area contributed by atoms with Crippen molar-refractivity contribution in [3.8, 4) is 17.2 Å². The van der Waals surface area contributed by atoms with E-state index in [9.17, 15) is 0 Å². The van der Waals surface area contributed by atoms with Crippen molar-refractivity contribution in [3.63, 3.8) is 0 Å². The van der Waals surface area contributed by atoms with Gasteiger partial charge >= 0.3 is 0 Å². The number of nitrogens with zero attached hydrogens (tertiary/aromatic N) is 2. The average Bonchev–Trinajstić information content (AvgIpc) is 3.08. The summed E-state index contributed by atoms with van der Waals surface area (Å²) in [5, 5.41) is 0. The van der Waals surface area contributed by atoms with Crippen molar-refractivity contribution in [1.29, 1.82) is 0 Å². The zero-order valence-corrected chi connectivity index (χ0v) is 15.3. The molecule has 2 aromatic carbocycles. The minimum Gasteiger partial charge on any atom is -0.493 e. The molecule has 0 unspecified atom stereocenters. The van der Waals surface area contributed by atoms with Gasteiger partial charge in [0.2, 0.25) is 0 Å². The summed E-state index contributed by atoms with van der Waals surface area (Å²) in [6.45, 7) is 2.91. The fraction of sp³-hybridized carbons (Fsp3) is 0.273. The maximum Gasteiger partial charge on any atom is 0.160 e. The third kappa shape index (κ3) is 3.20. The van der Waals surface area contributed by atoms with E-state index in [2.05, 4.69) is 64.2 Å². The van der Waals surface area contributed by atoms with E-state index in [-0.39, 0.29) is 0 Å². The molecule has 4 heteroatoms. The monoisotopic (exact) mass is 348 g/mol. The lowest BCUT2D eigenvalue weighted by Crippen LogP contribution is -2.24. The third-order valence-electron chi connectivity index (χ3n) is 5.03. The van der Waals surface area contributed by atoms with Crippen LogP contribution in [0.2, 0.25) is 0 Å². The zero-order chi connectivity index (χ0) is 17.9. The van der Waals surface area contributed by atoms with Crippen molar-refractivity contribution in [2.75, 3.05) is 20.8 Å². The van der Waals surface area contributed by atoms with Crippen molar-refractivity contribution < 1.29 is 9.47 Å². The predicted octanol–water partition coefficient (Wildman–Crippen LogP) is 4.05. The molecule has 0 spiro atoms. The number of hydrogen-bond donors (Lipinski definition) is 0. The smallest absolute Gasteiger partial charge is 0.160 e. The van der Waals surface area contributed by atoms with E-state index >= 15 is 0 Å². The van der Waals surface area contributed by atoms with Crippen LogP contribution in [-0.4, -0.2) is 30.2 Å². The van der Waals surface area contributed by atoms with Gasteiger partial charge in [-0.25, -0.2) is 0 Å². The normalized spacial score (nSPS) is 13.6. The molecule has 134 valence electrons. The molecule has 0 radical (unpaired) electrons. The Balaban J connectivity index is 1.53. The zero-order valence-electron chi connectivity index (χ0n) is 15.3. The van der Waals surface area contributed by atoms with Crippen LogP contribution in [-0.2, 0) is 19.5 Å². The van der Waals surface area contributed by atoms with Crippen LogP contribution >= 0.6 is 0 Å². The molecule has 0 N–H and O–H groups in total. The molecule has 0 fully saturated rings. The molecule has 4 nitrogen and oxygen atoms in total. The summed E-state index contributed by atoms with van der Waals surface area (Å²) in [6.07, 6.45) is 3.13. The quantitative estimate of drug-likeness (QED) is 0.696. The van der Waals surface area contributed by atoms with Gasteiger partial charge < -0.3 is 14.0 Å². The van der Waals surface area contributed by atoms with E-state index in [4.69, 9.17) is 9.47 Å². The van der Waals surface area contributed by atoms with Gasteiger partial charge in [0.15, 0.2) is 11.5 Å². The van der Waals surface area contributed by atoms with Gasteiger partial charge in [-0.15, -0.1) is 0 Å². The number of fused-ring (bicyclic) bond motifs is 3. The Morgan fingerprint density at radius 1 is 0.885 bits per heavy atom. The van der Waals surface area contributed by atoms with E-state index in [1.807, 2.05) is 6.07 Å². The van der Waals surface area contributed by atoms with Gasteiger partial charge in [0.25, 0.3) is 0 Å². The SMILES string of the molecule is COc1ccc(CCN2Cc3ccccc3-n3cccc3C2)cc1OC. The molecule has 0 atom stereocenters. The molecule has 1 aliphatic heterocycles. The summed E-state index contributed by atoms with van der Waals surface area (Å²) in [7, 11) is 3.35. The Bertz CT molecular complexity index is 901. The van der Waals surface area contributed by atoms with E-state index in [1.165, 1.54) is 22.5 Å². The van der Waals surface area contributed by atoms with Crippen LogP contribution < -0.4 is 9.47 Å². The first-order chi connectivity index (χ1) is 12.8. The molecular weight excluding hydrogens is 324 g/mol. The highest BCUT2D eigenvalue weighted by Crippen LogP contribution is 2.28. The Morgan fingerprint density at radius 2 is 1.73 bits per heavy atom. The number of ether oxygens (including phenoxy) is 2. The molecule has 0 saturated heterocycles. The molecular formula is C22H24N2O2. The molecule has 1 aromatic heterocycles. The Kier molecular flexibility index (Phi) is 4.67. The summed E-state index contributed by atoms with van der Waals surface area (Å²) < 4.78 is 13.1. The molecule has 4 rings (SSSR count). The average molecular weight is 348 g/mol. The topological polar surface area (TPSA) is 26.6 Å². The van der Waals surface area contributed by atoms with Gasteiger partial charge in [0.05, 0.1) is 14.2 Å². The lowest BCUT2D eigenvalue weighted by Gasteiger charge is -2.20. The lowest BCUT2D eigenvalue weighted by atomic mass is 10.1. The van der Waals surface area contributed by atoms with Crippen LogP contribution in [0.5, 0.6) is 11.5 Å². The highest BCUT2D eigenvalue weighted by atomic mass is 16.5. The second-order valence-corrected chi connectivity index (χ2v) is 6.65. The molecule has 0 bridgehead atoms. The van der Waals surface area contributed by atoms with Crippen LogP contribution in [0.15, 0.2) is 60.8 Å². The van der Waals surface area contributed by atoms with Crippen LogP contribution in [0.1, 0.15) is 16.8 Å². The van der Waals surface area contributed by atoms with Gasteiger partial charge in [-0.3, -0.25) is 4.90 Å². The highest BCUT2D eigenvalue weighted by Gasteiger charge is 2.18. The molecule has 0 aliphatic carbocycles. The number of para-hydroxylation sites is 1. The van der Waals surface area contributed by atoms with E-state index < -0.39 is 0 Å². The first kappa shape index (κ1) is 16.7. The van der Waals surface area contributed by atoms with Gasteiger partial charge in [0, 0.05) is 37.2 Å². The van der Waals surface area contributed by atoms with E-state index in [0.29, 0.717) is 0 Å². The lowest BCUT2D eigenvalue weighted by molar-refractivity contribution is 0.260. The van der Waals surface area contributed by atoms with E-state index in [1.54, 1.807) is 14.2 Å². The summed E-state index contributed by atoms with van der Waals surface area (Å²) in [5.74, 6) is 1.57. The number of methoxy groups -OCH3 is 2. The van der Waals surface area contributed by atoms with Crippen molar-refractivity contribution in [2.24, 2.45) is 0 Å². The number of hydrogen-bond acceptors (Lipinski definition) is 3. The van der Waals surface area contributed by atoms with Gasteiger partial charge in [0.1, 0.15) is 0 Å². The fourth-order valence-electron chi connectivity index (χ4n) is 3.67. The molecule has 2 heterocycles. The summed E-state index contributed by atoms with van der Waals surface area (Å²) in [4.78, 5) is 2.51. The Morgan fingerprint density at radius 3 is 2.58 bits per heavy atom. The standard InChI is InChI=1S/C22H24N2O2/c1-25-21-10-9-17(14-22(21)26-2)11-13-23-15-18-6-3-4-8-20(18)24-12-5-7-19(24)16-23/h3-10,12,14H,11,13,15-16H2,1-2H3. The minimum atomic E-state index is 0.776. The summed E-state index contributed by atoms with van der Waals surface area (Å²) >= 11 is 0. The molecule has 1 aliphatic rings. The summed E-state index contributed by atoms with van der Waals surface area (Å²) in [6, 6.07) is 19.2. The number of benzene rings is 2. The van der Waals surface area contributed by atoms with Crippen molar-refractivity contribution in [3.05, 3.63) is 77.6 Å². The summed E-state index contributed by atoms with van der Waals surface area (Å²) in [5.41, 5.74) is 5.26. The maximum absolute atomic E-state index is 5.43.